The summed E-state index contributed by atoms with van der Waals surface area (Å²) in [6.07, 6.45) is 3.95. The van der Waals surface area contributed by atoms with Crippen molar-refractivity contribution in [1.29, 1.82) is 0 Å². The Hall–Kier alpha value is -3.13. The molecule has 1 N–H and O–H groups in total. The van der Waals surface area contributed by atoms with E-state index in [9.17, 15) is 4.39 Å². The summed E-state index contributed by atoms with van der Waals surface area (Å²) >= 11 is 1.68. The molecule has 3 heterocycles. The normalized spacial score (nSPS) is 12.1. The Bertz CT molecular complexity index is 1030. The van der Waals surface area contributed by atoms with Gasteiger partial charge in [-0.25, -0.2) is 14.4 Å². The van der Waals surface area contributed by atoms with E-state index in [1.54, 1.807) is 35.7 Å². The number of rotatable bonds is 6. The molecule has 0 fully saturated rings. The van der Waals surface area contributed by atoms with E-state index in [-0.39, 0.29) is 23.3 Å². The van der Waals surface area contributed by atoms with Crippen molar-refractivity contribution < 1.29 is 8.91 Å². The van der Waals surface area contributed by atoms with Gasteiger partial charge in [-0.3, -0.25) is 0 Å². The lowest BCUT2D eigenvalue weighted by atomic mass is 10.1. The molecule has 1 atom stereocenters. The number of hydrogen-bond donors (Lipinski definition) is 1. The lowest BCUT2D eigenvalue weighted by Crippen LogP contribution is -2.10. The molecule has 4 aromatic rings. The van der Waals surface area contributed by atoms with Gasteiger partial charge in [0.1, 0.15) is 23.5 Å². The first kappa shape index (κ1) is 17.3. The molecule has 1 aromatic carbocycles. The minimum absolute atomic E-state index is 0.104. The van der Waals surface area contributed by atoms with Crippen LogP contribution in [0, 0.1) is 5.82 Å². The fourth-order valence-corrected chi connectivity index (χ4v) is 3.58. The Balaban J connectivity index is 1.67. The van der Waals surface area contributed by atoms with Crippen LogP contribution in [0.5, 0.6) is 0 Å². The number of nitrogens with zero attached hydrogens (tertiary/aromatic N) is 4. The summed E-state index contributed by atoms with van der Waals surface area (Å²) < 4.78 is 19.3. The van der Waals surface area contributed by atoms with Crippen LogP contribution in [-0.4, -0.2) is 20.1 Å². The zero-order chi connectivity index (χ0) is 18.6. The van der Waals surface area contributed by atoms with Crippen LogP contribution >= 0.6 is 11.3 Å². The van der Waals surface area contributed by atoms with Gasteiger partial charge in [-0.1, -0.05) is 30.3 Å². The summed E-state index contributed by atoms with van der Waals surface area (Å²) in [5, 5.41) is 9.36. The number of halogens is 1. The Morgan fingerprint density at radius 1 is 1.19 bits per heavy atom. The lowest BCUT2D eigenvalue weighted by Gasteiger charge is -2.17. The average molecular weight is 381 g/mol. The van der Waals surface area contributed by atoms with Gasteiger partial charge in [-0.05, 0) is 30.0 Å². The van der Waals surface area contributed by atoms with Crippen LogP contribution in [-0.2, 0) is 0 Å². The number of anilines is 1. The Kier molecular flexibility index (Phi) is 4.88. The van der Waals surface area contributed by atoms with E-state index in [1.165, 1.54) is 17.3 Å². The highest BCUT2D eigenvalue weighted by atomic mass is 32.1. The Morgan fingerprint density at radius 3 is 2.85 bits per heavy atom. The predicted octanol–water partition coefficient (Wildman–Crippen LogP) is 4.96. The third-order valence-corrected chi connectivity index (χ3v) is 5.08. The number of hydrogen-bond acceptors (Lipinski definition) is 7. The summed E-state index contributed by atoms with van der Waals surface area (Å²) in [7, 11) is 0. The van der Waals surface area contributed by atoms with Crippen molar-refractivity contribution in [2.24, 2.45) is 0 Å². The molecule has 8 heteroatoms. The highest BCUT2D eigenvalue weighted by Gasteiger charge is 2.19. The van der Waals surface area contributed by atoms with Crippen molar-refractivity contribution in [3.8, 4) is 22.8 Å². The van der Waals surface area contributed by atoms with Crippen LogP contribution in [0.4, 0.5) is 10.2 Å². The van der Waals surface area contributed by atoms with Gasteiger partial charge in [0.25, 0.3) is 5.89 Å². The maximum absolute atomic E-state index is 14.0. The molecule has 0 saturated heterocycles. The molecule has 1 unspecified atom stereocenters. The molecule has 0 spiro atoms. The second-order valence-electron chi connectivity index (χ2n) is 5.81. The fourth-order valence-electron chi connectivity index (χ4n) is 2.71. The molecule has 0 aliphatic carbocycles. The molecule has 0 aliphatic heterocycles. The smallest absolute Gasteiger partial charge is 0.263 e. The second kappa shape index (κ2) is 7.63. The van der Waals surface area contributed by atoms with Crippen molar-refractivity contribution in [2.75, 3.05) is 5.32 Å². The van der Waals surface area contributed by atoms with Crippen molar-refractivity contribution in [3.63, 3.8) is 0 Å². The van der Waals surface area contributed by atoms with Gasteiger partial charge in [0.15, 0.2) is 0 Å². The number of benzene rings is 1. The molecule has 136 valence electrons. The standard InChI is InChI=1S/C19H16FN5OS/c1-2-15(16-8-5-9-27-16)23-17-13(10-21-11-22-17)19-24-18(25-26-19)12-6-3-4-7-14(12)20/h3-11,15H,2H2,1H3,(H,21,22,23). The van der Waals surface area contributed by atoms with Crippen LogP contribution < -0.4 is 5.32 Å². The molecule has 0 amide bonds. The second-order valence-corrected chi connectivity index (χ2v) is 6.79. The van der Waals surface area contributed by atoms with E-state index in [4.69, 9.17) is 4.52 Å². The molecule has 0 radical (unpaired) electrons. The zero-order valence-corrected chi connectivity index (χ0v) is 15.3. The highest BCUT2D eigenvalue weighted by molar-refractivity contribution is 7.10. The first-order valence-electron chi connectivity index (χ1n) is 8.45. The molecule has 0 bridgehead atoms. The molecular formula is C19H16FN5OS. The Morgan fingerprint density at radius 2 is 2.07 bits per heavy atom. The largest absolute Gasteiger partial charge is 0.362 e. The summed E-state index contributed by atoms with van der Waals surface area (Å²) in [5.41, 5.74) is 0.853. The first-order valence-corrected chi connectivity index (χ1v) is 9.33. The molecule has 6 nitrogen and oxygen atoms in total. The van der Waals surface area contributed by atoms with Crippen molar-refractivity contribution >= 4 is 17.2 Å². The molecule has 0 aliphatic rings. The van der Waals surface area contributed by atoms with Gasteiger partial charge in [-0.2, -0.15) is 4.98 Å². The average Bonchev–Trinajstić information content (AvgIpc) is 3.39. The topological polar surface area (TPSA) is 76.7 Å². The Labute approximate surface area is 159 Å². The summed E-state index contributed by atoms with van der Waals surface area (Å²) in [4.78, 5) is 13.9. The predicted molar refractivity (Wildman–Crippen MR) is 102 cm³/mol. The summed E-state index contributed by atoms with van der Waals surface area (Å²) in [6.45, 7) is 2.10. The van der Waals surface area contributed by atoms with Gasteiger partial charge in [-0.15, -0.1) is 11.3 Å². The van der Waals surface area contributed by atoms with E-state index in [1.807, 2.05) is 11.4 Å². The summed E-state index contributed by atoms with van der Waals surface area (Å²) in [6, 6.07) is 10.5. The minimum atomic E-state index is -0.406. The van der Waals surface area contributed by atoms with Gasteiger partial charge in [0.05, 0.1) is 11.6 Å². The van der Waals surface area contributed by atoms with Crippen molar-refractivity contribution in [3.05, 3.63) is 65.0 Å². The number of nitrogens with one attached hydrogen (secondary N) is 1. The van der Waals surface area contributed by atoms with Crippen LogP contribution in [0.3, 0.4) is 0 Å². The van der Waals surface area contributed by atoms with Gasteiger partial charge < -0.3 is 9.84 Å². The van der Waals surface area contributed by atoms with Crippen LogP contribution in [0.15, 0.2) is 58.8 Å². The quantitative estimate of drug-likeness (QED) is 0.509. The van der Waals surface area contributed by atoms with Crippen LogP contribution in [0.1, 0.15) is 24.3 Å². The van der Waals surface area contributed by atoms with Crippen LogP contribution in [0.25, 0.3) is 22.8 Å². The molecule has 27 heavy (non-hydrogen) atoms. The molecular weight excluding hydrogens is 365 g/mol. The lowest BCUT2D eigenvalue weighted by molar-refractivity contribution is 0.431. The van der Waals surface area contributed by atoms with E-state index in [0.29, 0.717) is 11.4 Å². The SMILES string of the molecule is CCC(Nc1ncncc1-c1nc(-c2ccccc2F)no1)c1cccs1. The van der Waals surface area contributed by atoms with Gasteiger partial charge in [0.2, 0.25) is 5.82 Å². The fraction of sp³-hybridized carbons (Fsp3) is 0.158. The first-order chi connectivity index (χ1) is 13.3. The monoisotopic (exact) mass is 381 g/mol. The summed E-state index contributed by atoms with van der Waals surface area (Å²) in [5.74, 6) is 0.603. The van der Waals surface area contributed by atoms with E-state index < -0.39 is 5.82 Å². The van der Waals surface area contributed by atoms with Gasteiger partial charge in [0, 0.05) is 11.1 Å². The number of aromatic nitrogens is 4. The van der Waals surface area contributed by atoms with E-state index >= 15 is 0 Å². The number of thiophene rings is 1. The maximum atomic E-state index is 14.0. The van der Waals surface area contributed by atoms with Crippen LogP contribution in [0.2, 0.25) is 0 Å². The molecule has 0 saturated carbocycles. The van der Waals surface area contributed by atoms with Gasteiger partial charge >= 0.3 is 0 Å². The third kappa shape index (κ3) is 3.56. The highest BCUT2D eigenvalue weighted by Crippen LogP contribution is 2.31. The van der Waals surface area contributed by atoms with E-state index in [0.717, 1.165) is 6.42 Å². The molecule has 4 rings (SSSR count). The van der Waals surface area contributed by atoms with Crippen molar-refractivity contribution in [1.82, 2.24) is 20.1 Å². The minimum Gasteiger partial charge on any atom is -0.362 e. The van der Waals surface area contributed by atoms with Crippen molar-refractivity contribution in [2.45, 2.75) is 19.4 Å². The zero-order valence-electron chi connectivity index (χ0n) is 14.5. The third-order valence-electron chi connectivity index (χ3n) is 4.09. The maximum Gasteiger partial charge on any atom is 0.263 e. The van der Waals surface area contributed by atoms with E-state index in [2.05, 4.69) is 38.4 Å². The molecule has 3 aromatic heterocycles.